The molecule has 0 bridgehead atoms. The van der Waals surface area contributed by atoms with Crippen LogP contribution in [0.3, 0.4) is 0 Å². The first-order valence-corrected chi connectivity index (χ1v) is 9.37. The van der Waals surface area contributed by atoms with E-state index >= 15 is 0 Å². The standard InChI is InChI=1S/C20H24FN3O2/c1-2-19(25)22-9-7-14(8-10-22)20(26)24-12-11-23(16-4-5-16)17-6-3-15(21)13-18(17)24/h2-3,6,13-14,16H,1,4-5,7-12H2. The van der Waals surface area contributed by atoms with Crippen LogP contribution in [0.4, 0.5) is 15.8 Å². The number of carbonyl (C=O) groups is 2. The van der Waals surface area contributed by atoms with Crippen LogP contribution in [0.2, 0.25) is 0 Å². The van der Waals surface area contributed by atoms with Crippen molar-refractivity contribution in [2.75, 3.05) is 36.0 Å². The predicted octanol–water partition coefficient (Wildman–Crippen LogP) is 2.57. The van der Waals surface area contributed by atoms with Crippen molar-refractivity contribution in [3.63, 3.8) is 0 Å². The second kappa shape index (κ2) is 6.74. The van der Waals surface area contributed by atoms with E-state index in [0.29, 0.717) is 44.2 Å². The van der Waals surface area contributed by atoms with Crippen LogP contribution in [0.5, 0.6) is 0 Å². The van der Waals surface area contributed by atoms with E-state index in [1.165, 1.54) is 31.1 Å². The molecule has 2 fully saturated rings. The number of likely N-dealkylation sites (tertiary alicyclic amines) is 1. The Morgan fingerprint density at radius 1 is 1.04 bits per heavy atom. The molecule has 138 valence electrons. The molecule has 1 saturated carbocycles. The Morgan fingerprint density at radius 3 is 2.42 bits per heavy atom. The minimum Gasteiger partial charge on any atom is -0.365 e. The highest BCUT2D eigenvalue weighted by Gasteiger charge is 2.38. The zero-order chi connectivity index (χ0) is 18.3. The van der Waals surface area contributed by atoms with Crippen molar-refractivity contribution in [2.24, 2.45) is 5.92 Å². The number of nitrogens with zero attached hydrogens (tertiary/aromatic N) is 3. The molecule has 0 aromatic heterocycles. The molecule has 0 N–H and O–H groups in total. The van der Waals surface area contributed by atoms with Gasteiger partial charge in [-0.25, -0.2) is 4.39 Å². The summed E-state index contributed by atoms with van der Waals surface area (Å²) < 4.78 is 13.9. The first-order chi connectivity index (χ1) is 12.6. The van der Waals surface area contributed by atoms with Crippen molar-refractivity contribution >= 4 is 23.2 Å². The summed E-state index contributed by atoms with van der Waals surface area (Å²) in [6.45, 7) is 6.04. The average Bonchev–Trinajstić information content (AvgIpc) is 3.51. The summed E-state index contributed by atoms with van der Waals surface area (Å²) in [4.78, 5) is 30.6. The van der Waals surface area contributed by atoms with E-state index in [0.717, 1.165) is 12.2 Å². The van der Waals surface area contributed by atoms with Crippen LogP contribution in [0.25, 0.3) is 0 Å². The van der Waals surface area contributed by atoms with Crippen molar-refractivity contribution in [1.29, 1.82) is 0 Å². The van der Waals surface area contributed by atoms with E-state index in [9.17, 15) is 14.0 Å². The average molecular weight is 357 g/mol. The zero-order valence-corrected chi connectivity index (χ0v) is 14.9. The Morgan fingerprint density at radius 2 is 1.77 bits per heavy atom. The maximum absolute atomic E-state index is 13.9. The maximum atomic E-state index is 13.9. The molecule has 1 aromatic rings. The number of hydrogen-bond acceptors (Lipinski definition) is 3. The molecule has 2 amide bonds. The number of piperidine rings is 1. The van der Waals surface area contributed by atoms with E-state index in [-0.39, 0.29) is 23.5 Å². The summed E-state index contributed by atoms with van der Waals surface area (Å²) in [5.74, 6) is -0.461. The van der Waals surface area contributed by atoms with Gasteiger partial charge in [-0.15, -0.1) is 0 Å². The van der Waals surface area contributed by atoms with Crippen molar-refractivity contribution < 1.29 is 14.0 Å². The van der Waals surface area contributed by atoms with Gasteiger partial charge in [0.1, 0.15) is 5.82 Å². The topological polar surface area (TPSA) is 43.9 Å². The SMILES string of the molecule is C=CC(=O)N1CCC(C(=O)N2CCN(C3CC3)c3ccc(F)cc32)CC1. The second-order valence-corrected chi connectivity index (χ2v) is 7.35. The number of carbonyl (C=O) groups excluding carboxylic acids is 2. The molecular weight excluding hydrogens is 333 g/mol. The van der Waals surface area contributed by atoms with Gasteiger partial charge in [0.25, 0.3) is 0 Å². The summed E-state index contributed by atoms with van der Waals surface area (Å²) in [5.41, 5.74) is 1.66. The summed E-state index contributed by atoms with van der Waals surface area (Å²) in [5, 5.41) is 0. The van der Waals surface area contributed by atoms with Crippen molar-refractivity contribution in [3.8, 4) is 0 Å². The third kappa shape index (κ3) is 3.08. The lowest BCUT2D eigenvalue weighted by Gasteiger charge is -2.40. The molecule has 0 atom stereocenters. The van der Waals surface area contributed by atoms with E-state index in [4.69, 9.17) is 0 Å². The highest BCUT2D eigenvalue weighted by Crippen LogP contribution is 2.41. The molecule has 1 aliphatic carbocycles. The number of hydrogen-bond donors (Lipinski definition) is 0. The van der Waals surface area contributed by atoms with E-state index in [1.807, 2.05) is 0 Å². The number of halogens is 1. The lowest BCUT2D eigenvalue weighted by molar-refractivity contribution is -0.131. The van der Waals surface area contributed by atoms with Gasteiger partial charge in [0.2, 0.25) is 11.8 Å². The van der Waals surface area contributed by atoms with Crippen LogP contribution in [0.15, 0.2) is 30.9 Å². The van der Waals surface area contributed by atoms with Crippen LogP contribution in [0.1, 0.15) is 25.7 Å². The van der Waals surface area contributed by atoms with Crippen LogP contribution in [-0.4, -0.2) is 48.9 Å². The number of anilines is 2. The summed E-state index contributed by atoms with van der Waals surface area (Å²) in [6, 6.07) is 5.29. The van der Waals surface area contributed by atoms with Crippen LogP contribution < -0.4 is 9.80 Å². The highest BCUT2D eigenvalue weighted by molar-refractivity contribution is 5.99. The van der Waals surface area contributed by atoms with E-state index in [2.05, 4.69) is 11.5 Å². The molecule has 6 heteroatoms. The normalized spacial score (nSPS) is 20.7. The third-order valence-electron chi connectivity index (χ3n) is 5.69. The second-order valence-electron chi connectivity index (χ2n) is 7.35. The van der Waals surface area contributed by atoms with Crippen LogP contribution in [0, 0.1) is 11.7 Å². The predicted molar refractivity (Wildman–Crippen MR) is 98.6 cm³/mol. The Kier molecular flexibility index (Phi) is 4.42. The Bertz CT molecular complexity index is 739. The van der Waals surface area contributed by atoms with Crippen molar-refractivity contribution in [3.05, 3.63) is 36.7 Å². The first kappa shape index (κ1) is 17.1. The number of fused-ring (bicyclic) bond motifs is 1. The van der Waals surface area contributed by atoms with Gasteiger partial charge < -0.3 is 14.7 Å². The molecule has 0 radical (unpaired) electrons. The summed E-state index contributed by atoms with van der Waals surface area (Å²) in [7, 11) is 0. The zero-order valence-electron chi connectivity index (χ0n) is 14.9. The monoisotopic (exact) mass is 357 g/mol. The Hall–Kier alpha value is -2.37. The fourth-order valence-electron chi connectivity index (χ4n) is 4.09. The minimum absolute atomic E-state index is 0.0537. The van der Waals surface area contributed by atoms with Gasteiger partial charge in [-0.2, -0.15) is 0 Å². The van der Waals surface area contributed by atoms with Gasteiger partial charge in [-0.1, -0.05) is 6.58 Å². The number of rotatable bonds is 3. The molecule has 0 unspecified atom stereocenters. The Labute approximate surface area is 153 Å². The largest absolute Gasteiger partial charge is 0.365 e. The van der Waals surface area contributed by atoms with Gasteiger partial charge in [0.05, 0.1) is 11.4 Å². The van der Waals surface area contributed by atoms with E-state index < -0.39 is 0 Å². The third-order valence-corrected chi connectivity index (χ3v) is 5.69. The van der Waals surface area contributed by atoms with Crippen molar-refractivity contribution in [2.45, 2.75) is 31.7 Å². The lowest BCUT2D eigenvalue weighted by Crippen LogP contribution is -2.49. The van der Waals surface area contributed by atoms with Gasteiger partial charge in [0.15, 0.2) is 0 Å². The summed E-state index contributed by atoms with van der Waals surface area (Å²) in [6.07, 6.45) is 4.94. The van der Waals surface area contributed by atoms with Gasteiger partial charge in [0, 0.05) is 38.1 Å². The highest BCUT2D eigenvalue weighted by atomic mass is 19.1. The van der Waals surface area contributed by atoms with Gasteiger partial charge in [-0.05, 0) is 50.0 Å². The van der Waals surface area contributed by atoms with Crippen LogP contribution in [-0.2, 0) is 9.59 Å². The molecule has 4 rings (SSSR count). The number of benzene rings is 1. The van der Waals surface area contributed by atoms with Gasteiger partial charge in [-0.3, -0.25) is 9.59 Å². The molecule has 5 nitrogen and oxygen atoms in total. The quantitative estimate of drug-likeness (QED) is 0.781. The molecule has 26 heavy (non-hydrogen) atoms. The first-order valence-electron chi connectivity index (χ1n) is 9.37. The van der Waals surface area contributed by atoms with Gasteiger partial charge >= 0.3 is 0 Å². The van der Waals surface area contributed by atoms with Crippen LogP contribution >= 0.6 is 0 Å². The molecule has 2 heterocycles. The molecule has 1 saturated heterocycles. The molecule has 3 aliphatic rings. The molecular formula is C20H24FN3O2. The molecule has 2 aliphatic heterocycles. The lowest BCUT2D eigenvalue weighted by atomic mass is 9.94. The fraction of sp³-hybridized carbons (Fsp3) is 0.500. The molecule has 1 aromatic carbocycles. The smallest absolute Gasteiger partial charge is 0.245 e. The molecule has 0 spiro atoms. The Balaban J connectivity index is 1.52. The summed E-state index contributed by atoms with van der Waals surface area (Å²) >= 11 is 0. The van der Waals surface area contributed by atoms with E-state index in [1.54, 1.807) is 15.9 Å². The minimum atomic E-state index is -0.314. The van der Waals surface area contributed by atoms with Crippen molar-refractivity contribution in [1.82, 2.24) is 4.90 Å². The fourth-order valence-corrected chi connectivity index (χ4v) is 4.09. The maximum Gasteiger partial charge on any atom is 0.245 e. The number of amides is 2.